The Kier molecular flexibility index (Phi) is 9.02. The van der Waals surface area contributed by atoms with Crippen LogP contribution in [0.15, 0.2) is 47.4 Å². The van der Waals surface area contributed by atoms with Gasteiger partial charge in [-0.1, -0.05) is 23.7 Å². The van der Waals surface area contributed by atoms with Crippen LogP contribution in [0.25, 0.3) is 0 Å². The SMILES string of the molecule is COc1ccc(COc2cc3c(nc2NS(=O)(=O)c2cccc(Cl)c2C)CCCC3)cc1OCCN(C)C. The molecule has 1 N–H and O–H groups in total. The number of hydrogen-bond acceptors (Lipinski definition) is 7. The maximum Gasteiger partial charge on any atom is 0.263 e. The lowest BCUT2D eigenvalue weighted by atomic mass is 9.96. The van der Waals surface area contributed by atoms with Gasteiger partial charge in [-0.3, -0.25) is 4.72 Å². The molecule has 4 rings (SSSR count). The highest BCUT2D eigenvalue weighted by Gasteiger charge is 2.23. The summed E-state index contributed by atoms with van der Waals surface area (Å²) in [5, 5.41) is 0.380. The van der Waals surface area contributed by atoms with E-state index in [2.05, 4.69) is 4.72 Å². The van der Waals surface area contributed by atoms with Crippen molar-refractivity contribution in [2.45, 2.75) is 44.1 Å². The van der Waals surface area contributed by atoms with Gasteiger partial charge in [0.15, 0.2) is 23.1 Å². The molecule has 1 aliphatic rings. The van der Waals surface area contributed by atoms with Crippen molar-refractivity contribution in [1.82, 2.24) is 9.88 Å². The Morgan fingerprint density at radius 1 is 1.03 bits per heavy atom. The molecule has 3 aromatic rings. The molecule has 1 aromatic heterocycles. The fourth-order valence-electron chi connectivity index (χ4n) is 4.28. The van der Waals surface area contributed by atoms with E-state index >= 15 is 0 Å². The normalized spacial score (nSPS) is 13.2. The number of benzene rings is 2. The molecule has 0 radical (unpaired) electrons. The van der Waals surface area contributed by atoms with Crippen LogP contribution in [0.2, 0.25) is 5.02 Å². The quantitative estimate of drug-likeness (QED) is 0.343. The second-order valence-corrected chi connectivity index (χ2v) is 11.6. The molecule has 0 saturated carbocycles. The molecular formula is C28H34ClN3O5S. The Morgan fingerprint density at radius 3 is 2.58 bits per heavy atom. The predicted octanol–water partition coefficient (Wildman–Crippen LogP) is 5.25. The largest absolute Gasteiger partial charge is 0.493 e. The Balaban J connectivity index is 1.60. The number of nitrogens with one attached hydrogen (secondary N) is 1. The van der Waals surface area contributed by atoms with Gasteiger partial charge in [0.25, 0.3) is 10.0 Å². The minimum Gasteiger partial charge on any atom is -0.493 e. The van der Waals surface area contributed by atoms with E-state index in [1.807, 2.05) is 43.3 Å². The van der Waals surface area contributed by atoms with Crippen LogP contribution < -0.4 is 18.9 Å². The van der Waals surface area contributed by atoms with Gasteiger partial charge in [-0.15, -0.1) is 0 Å². The molecule has 0 unspecified atom stereocenters. The topological polar surface area (TPSA) is 90.0 Å². The van der Waals surface area contributed by atoms with Crippen LogP contribution in [0, 0.1) is 6.92 Å². The molecule has 0 saturated heterocycles. The van der Waals surface area contributed by atoms with Crippen LogP contribution in [-0.2, 0) is 29.5 Å². The highest BCUT2D eigenvalue weighted by molar-refractivity contribution is 7.92. The predicted molar refractivity (Wildman–Crippen MR) is 149 cm³/mol. The third kappa shape index (κ3) is 6.70. The molecule has 10 heteroatoms. The van der Waals surface area contributed by atoms with E-state index < -0.39 is 10.0 Å². The van der Waals surface area contributed by atoms with Gasteiger partial charge in [0.05, 0.1) is 12.0 Å². The third-order valence-electron chi connectivity index (χ3n) is 6.42. The average Bonchev–Trinajstić information content (AvgIpc) is 2.88. The fraction of sp³-hybridized carbons (Fsp3) is 0.393. The first-order chi connectivity index (χ1) is 18.2. The summed E-state index contributed by atoms with van der Waals surface area (Å²) in [6.07, 6.45) is 3.76. The zero-order valence-electron chi connectivity index (χ0n) is 22.2. The molecule has 1 aliphatic carbocycles. The number of aryl methyl sites for hydroxylation is 2. The van der Waals surface area contributed by atoms with Gasteiger partial charge in [-0.05, 0) is 93.7 Å². The van der Waals surface area contributed by atoms with Gasteiger partial charge in [-0.2, -0.15) is 0 Å². The maximum absolute atomic E-state index is 13.3. The fourth-order valence-corrected chi connectivity index (χ4v) is 5.79. The zero-order chi connectivity index (χ0) is 27.3. The minimum atomic E-state index is -3.95. The Bertz CT molecular complexity index is 1400. The van der Waals surface area contributed by atoms with Crippen molar-refractivity contribution in [2.24, 2.45) is 0 Å². The highest BCUT2D eigenvalue weighted by Crippen LogP contribution is 2.34. The summed E-state index contributed by atoms with van der Waals surface area (Å²) in [4.78, 5) is 6.83. The molecule has 38 heavy (non-hydrogen) atoms. The lowest BCUT2D eigenvalue weighted by molar-refractivity contribution is 0.249. The summed E-state index contributed by atoms with van der Waals surface area (Å²) < 4.78 is 46.9. The zero-order valence-corrected chi connectivity index (χ0v) is 23.8. The monoisotopic (exact) mass is 559 g/mol. The second-order valence-electron chi connectivity index (χ2n) is 9.54. The number of hydrogen-bond donors (Lipinski definition) is 1. The Hall–Kier alpha value is -3.01. The molecule has 204 valence electrons. The van der Waals surface area contributed by atoms with Crippen molar-refractivity contribution in [3.63, 3.8) is 0 Å². The number of rotatable bonds is 11. The molecular weight excluding hydrogens is 526 g/mol. The summed E-state index contributed by atoms with van der Waals surface area (Å²) in [6, 6.07) is 12.3. The second kappa shape index (κ2) is 12.2. The van der Waals surface area contributed by atoms with E-state index in [9.17, 15) is 8.42 Å². The van der Waals surface area contributed by atoms with Crippen LogP contribution >= 0.6 is 11.6 Å². The van der Waals surface area contributed by atoms with E-state index in [1.54, 1.807) is 26.2 Å². The molecule has 0 amide bonds. The van der Waals surface area contributed by atoms with E-state index in [0.29, 0.717) is 34.4 Å². The van der Waals surface area contributed by atoms with Gasteiger partial charge in [0, 0.05) is 17.3 Å². The molecule has 0 aliphatic heterocycles. The number of aromatic nitrogens is 1. The van der Waals surface area contributed by atoms with Crippen molar-refractivity contribution in [3.8, 4) is 17.2 Å². The molecule has 1 heterocycles. The van der Waals surface area contributed by atoms with Crippen LogP contribution in [0.3, 0.4) is 0 Å². The lowest BCUT2D eigenvalue weighted by Crippen LogP contribution is -2.19. The number of fused-ring (bicyclic) bond motifs is 1. The number of anilines is 1. The number of nitrogens with zero attached hydrogens (tertiary/aromatic N) is 2. The van der Waals surface area contributed by atoms with Crippen molar-refractivity contribution >= 4 is 27.4 Å². The van der Waals surface area contributed by atoms with Crippen LogP contribution in [0.1, 0.15) is 35.2 Å². The number of sulfonamides is 1. The summed E-state index contributed by atoms with van der Waals surface area (Å²) in [6.45, 7) is 3.15. The van der Waals surface area contributed by atoms with Crippen molar-refractivity contribution in [2.75, 3.05) is 39.1 Å². The summed E-state index contributed by atoms with van der Waals surface area (Å²) >= 11 is 6.19. The summed E-state index contributed by atoms with van der Waals surface area (Å²) in [5.41, 5.74) is 3.30. The van der Waals surface area contributed by atoms with E-state index in [-0.39, 0.29) is 17.3 Å². The summed E-state index contributed by atoms with van der Waals surface area (Å²) in [5.74, 6) is 1.80. The molecule has 0 atom stereocenters. The first kappa shape index (κ1) is 28.0. The third-order valence-corrected chi connectivity index (χ3v) is 8.32. The van der Waals surface area contributed by atoms with Gasteiger partial charge >= 0.3 is 0 Å². The van der Waals surface area contributed by atoms with Gasteiger partial charge < -0.3 is 19.1 Å². The number of pyridine rings is 1. The molecule has 0 bridgehead atoms. The average molecular weight is 560 g/mol. The summed E-state index contributed by atoms with van der Waals surface area (Å²) in [7, 11) is 1.62. The number of methoxy groups -OCH3 is 1. The van der Waals surface area contributed by atoms with Gasteiger partial charge in [-0.25, -0.2) is 13.4 Å². The van der Waals surface area contributed by atoms with Crippen LogP contribution in [-0.4, -0.2) is 52.7 Å². The van der Waals surface area contributed by atoms with Crippen molar-refractivity contribution < 1.29 is 22.6 Å². The smallest absolute Gasteiger partial charge is 0.263 e. The number of halogens is 1. The molecule has 0 fully saturated rings. The maximum atomic E-state index is 13.3. The van der Waals surface area contributed by atoms with Crippen molar-refractivity contribution in [1.29, 1.82) is 0 Å². The van der Waals surface area contributed by atoms with Crippen LogP contribution in [0.5, 0.6) is 17.2 Å². The van der Waals surface area contributed by atoms with Crippen molar-refractivity contribution in [3.05, 3.63) is 69.9 Å². The van der Waals surface area contributed by atoms with Gasteiger partial charge in [0.2, 0.25) is 0 Å². The first-order valence-corrected chi connectivity index (χ1v) is 14.4. The Labute approximate surface area is 229 Å². The molecule has 8 nitrogen and oxygen atoms in total. The van der Waals surface area contributed by atoms with E-state index in [1.165, 1.54) is 6.07 Å². The standard InChI is InChI=1S/C28H34ClN3O5S/c1-19-22(29)9-7-11-27(19)38(33,34)31-28-26(17-21-8-5-6-10-23(21)30-28)37-18-20-12-13-24(35-4)25(16-20)36-15-14-32(2)3/h7,9,11-13,16-17H,5-6,8,10,14-15,18H2,1-4H3,(H,30,31). The number of likely N-dealkylation sites (N-methyl/N-ethyl adjacent to an activating group) is 1. The lowest BCUT2D eigenvalue weighted by Gasteiger charge is -2.20. The minimum absolute atomic E-state index is 0.102. The van der Waals surface area contributed by atoms with Gasteiger partial charge in [0.1, 0.15) is 13.2 Å². The Morgan fingerprint density at radius 2 is 1.82 bits per heavy atom. The van der Waals surface area contributed by atoms with E-state index in [0.717, 1.165) is 49.0 Å². The highest BCUT2D eigenvalue weighted by atomic mass is 35.5. The number of ether oxygens (including phenoxy) is 3. The molecule has 2 aromatic carbocycles. The van der Waals surface area contributed by atoms with Crippen LogP contribution in [0.4, 0.5) is 5.82 Å². The molecule has 0 spiro atoms. The first-order valence-electron chi connectivity index (χ1n) is 12.6. The van der Waals surface area contributed by atoms with E-state index in [4.69, 9.17) is 30.8 Å².